The van der Waals surface area contributed by atoms with Crippen LogP contribution in [0, 0.1) is 5.82 Å². The maximum absolute atomic E-state index is 13.6. The van der Waals surface area contributed by atoms with Gasteiger partial charge in [-0.05, 0) is 18.2 Å². The average Bonchev–Trinajstić information content (AvgIpc) is 2.59. The Morgan fingerprint density at radius 2 is 1.88 bits per heavy atom. The first kappa shape index (κ1) is 16.4. The molecule has 0 aliphatic rings. The molecule has 0 aliphatic heterocycles. The standard InChI is InChI=1S/C16H12Cl2FN5/c17-11-5-3-7-13(15(11)18)22-16-23-14(9-21-24-16)20-8-10-4-1-2-6-12(10)19/h1-7,9H,8H2,(H2,20,22,23,24). The molecular weight excluding hydrogens is 352 g/mol. The van der Waals surface area contributed by atoms with E-state index in [4.69, 9.17) is 23.2 Å². The highest BCUT2D eigenvalue weighted by Gasteiger charge is 2.07. The number of halogens is 3. The van der Waals surface area contributed by atoms with Gasteiger partial charge in [-0.25, -0.2) is 4.39 Å². The molecule has 0 saturated heterocycles. The van der Waals surface area contributed by atoms with Gasteiger partial charge in [-0.15, -0.1) is 5.10 Å². The first-order chi connectivity index (χ1) is 11.6. The summed E-state index contributed by atoms with van der Waals surface area (Å²) in [5.41, 5.74) is 1.10. The van der Waals surface area contributed by atoms with Crippen LogP contribution in [0.2, 0.25) is 10.0 Å². The number of hydrogen-bond donors (Lipinski definition) is 2. The molecule has 0 unspecified atom stereocenters. The fourth-order valence-corrected chi connectivity index (χ4v) is 2.34. The van der Waals surface area contributed by atoms with Crippen molar-refractivity contribution in [1.29, 1.82) is 0 Å². The topological polar surface area (TPSA) is 62.7 Å². The molecule has 3 rings (SSSR count). The highest BCUT2D eigenvalue weighted by Crippen LogP contribution is 2.30. The van der Waals surface area contributed by atoms with Crippen molar-refractivity contribution in [3.63, 3.8) is 0 Å². The molecule has 0 radical (unpaired) electrons. The minimum Gasteiger partial charge on any atom is -0.364 e. The summed E-state index contributed by atoms with van der Waals surface area (Å²) in [7, 11) is 0. The minimum atomic E-state index is -0.281. The van der Waals surface area contributed by atoms with Crippen LogP contribution in [-0.4, -0.2) is 15.2 Å². The molecule has 2 aromatic carbocycles. The highest BCUT2D eigenvalue weighted by molar-refractivity contribution is 6.43. The molecule has 122 valence electrons. The van der Waals surface area contributed by atoms with Gasteiger partial charge >= 0.3 is 0 Å². The Bertz CT molecular complexity index is 859. The number of hydrogen-bond acceptors (Lipinski definition) is 5. The summed E-state index contributed by atoms with van der Waals surface area (Å²) in [5.74, 6) is 0.419. The van der Waals surface area contributed by atoms with Gasteiger partial charge < -0.3 is 10.6 Å². The number of aromatic nitrogens is 3. The van der Waals surface area contributed by atoms with Crippen LogP contribution in [0.5, 0.6) is 0 Å². The molecule has 0 atom stereocenters. The van der Waals surface area contributed by atoms with Crippen LogP contribution in [0.25, 0.3) is 0 Å². The SMILES string of the molecule is Fc1ccccc1CNc1cnnc(Nc2cccc(Cl)c2Cl)n1. The van der Waals surface area contributed by atoms with Crippen LogP contribution >= 0.6 is 23.2 Å². The molecule has 0 bridgehead atoms. The lowest BCUT2D eigenvalue weighted by molar-refractivity contribution is 0.613. The lowest BCUT2D eigenvalue weighted by Crippen LogP contribution is -2.06. The Balaban J connectivity index is 1.72. The van der Waals surface area contributed by atoms with Gasteiger partial charge in [0.1, 0.15) is 5.82 Å². The molecule has 1 heterocycles. The smallest absolute Gasteiger partial charge is 0.249 e. The number of anilines is 3. The van der Waals surface area contributed by atoms with Gasteiger partial charge in [-0.2, -0.15) is 10.1 Å². The zero-order valence-corrected chi connectivity index (χ0v) is 13.8. The van der Waals surface area contributed by atoms with Gasteiger partial charge in [0.25, 0.3) is 0 Å². The van der Waals surface area contributed by atoms with Crippen LogP contribution in [0.4, 0.5) is 21.8 Å². The van der Waals surface area contributed by atoms with Crippen molar-refractivity contribution in [3.8, 4) is 0 Å². The third-order valence-electron chi connectivity index (χ3n) is 3.17. The highest BCUT2D eigenvalue weighted by atomic mass is 35.5. The van der Waals surface area contributed by atoms with Crippen molar-refractivity contribution >= 4 is 40.7 Å². The second kappa shape index (κ2) is 7.42. The quantitative estimate of drug-likeness (QED) is 0.689. The van der Waals surface area contributed by atoms with E-state index in [0.717, 1.165) is 0 Å². The first-order valence-electron chi connectivity index (χ1n) is 7.01. The second-order valence-corrected chi connectivity index (χ2v) is 5.62. The van der Waals surface area contributed by atoms with E-state index in [-0.39, 0.29) is 18.3 Å². The number of nitrogens with one attached hydrogen (secondary N) is 2. The molecule has 24 heavy (non-hydrogen) atoms. The van der Waals surface area contributed by atoms with E-state index in [1.165, 1.54) is 12.3 Å². The Morgan fingerprint density at radius 1 is 1.04 bits per heavy atom. The Hall–Kier alpha value is -2.44. The Morgan fingerprint density at radius 3 is 2.71 bits per heavy atom. The normalized spacial score (nSPS) is 10.5. The molecule has 0 amide bonds. The zero-order valence-electron chi connectivity index (χ0n) is 12.3. The molecule has 1 aromatic heterocycles. The predicted molar refractivity (Wildman–Crippen MR) is 93.3 cm³/mol. The van der Waals surface area contributed by atoms with Crippen molar-refractivity contribution < 1.29 is 4.39 Å². The molecule has 8 heteroatoms. The van der Waals surface area contributed by atoms with E-state index in [0.29, 0.717) is 27.1 Å². The van der Waals surface area contributed by atoms with Gasteiger partial charge in [0.05, 0.1) is 21.9 Å². The van der Waals surface area contributed by atoms with Gasteiger partial charge in [0, 0.05) is 12.1 Å². The van der Waals surface area contributed by atoms with Gasteiger partial charge in [-0.1, -0.05) is 47.5 Å². The van der Waals surface area contributed by atoms with Crippen molar-refractivity contribution in [2.45, 2.75) is 6.54 Å². The monoisotopic (exact) mass is 363 g/mol. The predicted octanol–water partition coefficient (Wildman–Crippen LogP) is 4.67. The van der Waals surface area contributed by atoms with Crippen LogP contribution in [0.1, 0.15) is 5.56 Å². The van der Waals surface area contributed by atoms with E-state index in [1.54, 1.807) is 36.4 Å². The molecule has 2 N–H and O–H groups in total. The summed E-state index contributed by atoms with van der Waals surface area (Å²) in [4.78, 5) is 4.26. The van der Waals surface area contributed by atoms with Gasteiger partial charge in [0.15, 0.2) is 5.82 Å². The largest absolute Gasteiger partial charge is 0.364 e. The maximum Gasteiger partial charge on any atom is 0.249 e. The third-order valence-corrected chi connectivity index (χ3v) is 3.99. The minimum absolute atomic E-state index is 0.248. The van der Waals surface area contributed by atoms with Crippen LogP contribution in [-0.2, 0) is 6.54 Å². The molecule has 0 aliphatic carbocycles. The fraction of sp³-hybridized carbons (Fsp3) is 0.0625. The lowest BCUT2D eigenvalue weighted by Gasteiger charge is -2.09. The Kier molecular flexibility index (Phi) is 5.08. The van der Waals surface area contributed by atoms with E-state index in [9.17, 15) is 4.39 Å². The van der Waals surface area contributed by atoms with Crippen molar-refractivity contribution in [2.24, 2.45) is 0 Å². The molecule has 0 saturated carbocycles. The number of benzene rings is 2. The molecule has 3 aromatic rings. The van der Waals surface area contributed by atoms with E-state index >= 15 is 0 Å². The summed E-state index contributed by atoms with van der Waals surface area (Å²) in [6, 6.07) is 11.7. The summed E-state index contributed by atoms with van der Waals surface area (Å²) < 4.78 is 13.6. The third kappa shape index (κ3) is 3.90. The van der Waals surface area contributed by atoms with Crippen molar-refractivity contribution in [2.75, 3.05) is 10.6 Å². The van der Waals surface area contributed by atoms with Gasteiger partial charge in [0.2, 0.25) is 5.95 Å². The second-order valence-electron chi connectivity index (χ2n) is 4.84. The zero-order chi connectivity index (χ0) is 16.9. The van der Waals surface area contributed by atoms with E-state index < -0.39 is 0 Å². The Labute approximate surface area is 147 Å². The summed E-state index contributed by atoms with van der Waals surface area (Å²) in [6.45, 7) is 0.280. The van der Waals surface area contributed by atoms with E-state index in [2.05, 4.69) is 25.8 Å². The van der Waals surface area contributed by atoms with Crippen LogP contribution < -0.4 is 10.6 Å². The summed E-state index contributed by atoms with van der Waals surface area (Å²) in [5, 5.41) is 14.5. The van der Waals surface area contributed by atoms with Crippen LogP contribution in [0.3, 0.4) is 0 Å². The van der Waals surface area contributed by atoms with Crippen LogP contribution in [0.15, 0.2) is 48.7 Å². The average molecular weight is 364 g/mol. The molecular formula is C16H12Cl2FN5. The number of nitrogens with zero attached hydrogens (tertiary/aromatic N) is 3. The maximum atomic E-state index is 13.6. The molecule has 5 nitrogen and oxygen atoms in total. The van der Waals surface area contributed by atoms with Crippen molar-refractivity contribution in [1.82, 2.24) is 15.2 Å². The summed E-state index contributed by atoms with van der Waals surface area (Å²) >= 11 is 12.1. The molecule has 0 fully saturated rings. The van der Waals surface area contributed by atoms with E-state index in [1.807, 2.05) is 0 Å². The van der Waals surface area contributed by atoms with Crippen molar-refractivity contribution in [3.05, 3.63) is 70.1 Å². The number of rotatable bonds is 5. The van der Waals surface area contributed by atoms with Gasteiger partial charge in [-0.3, -0.25) is 0 Å². The fourth-order valence-electron chi connectivity index (χ4n) is 1.99. The summed E-state index contributed by atoms with van der Waals surface area (Å²) in [6.07, 6.45) is 1.45. The molecule has 0 spiro atoms. The lowest BCUT2D eigenvalue weighted by atomic mass is 10.2. The first-order valence-corrected chi connectivity index (χ1v) is 7.77.